The van der Waals surface area contributed by atoms with Crippen molar-refractivity contribution in [2.45, 2.75) is 0 Å². The van der Waals surface area contributed by atoms with Gasteiger partial charge in [0.1, 0.15) is 13.2 Å². The van der Waals surface area contributed by atoms with E-state index >= 15 is 0 Å². The van der Waals surface area contributed by atoms with Crippen molar-refractivity contribution in [3.05, 3.63) is 35.4 Å². The molecule has 0 amide bonds. The maximum absolute atomic E-state index is 11.8. The second-order valence-electron chi connectivity index (χ2n) is 3.20. The number of hydrogen-bond acceptors (Lipinski definition) is 4. The number of esters is 2. The van der Waals surface area contributed by atoms with Crippen molar-refractivity contribution in [2.24, 2.45) is 0 Å². The van der Waals surface area contributed by atoms with Gasteiger partial charge in [-0.2, -0.15) is 0 Å². The number of alkyl halides is 2. The maximum atomic E-state index is 11.8. The Morgan fingerprint density at radius 1 is 0.889 bits per heavy atom. The van der Waals surface area contributed by atoms with Gasteiger partial charge in [-0.1, -0.05) is 57.3 Å². The van der Waals surface area contributed by atoms with Crippen molar-refractivity contribution in [1.29, 1.82) is 0 Å². The molecule has 0 heterocycles. The molecule has 6 heteroatoms. The van der Waals surface area contributed by atoms with Crippen molar-refractivity contribution in [3.8, 4) is 0 Å². The van der Waals surface area contributed by atoms with Gasteiger partial charge in [-0.15, -0.1) is 0 Å². The van der Waals surface area contributed by atoms with Crippen LogP contribution in [0.2, 0.25) is 0 Å². The monoisotopic (exact) mass is 474 g/mol. The Hall–Kier alpha value is -0.380. The van der Waals surface area contributed by atoms with Gasteiger partial charge in [0.15, 0.2) is 0 Å². The van der Waals surface area contributed by atoms with Gasteiger partial charge in [-0.05, 0) is 12.1 Å². The average molecular weight is 474 g/mol. The van der Waals surface area contributed by atoms with Crippen molar-refractivity contribution >= 4 is 57.1 Å². The molecule has 0 saturated heterocycles. The third kappa shape index (κ3) is 4.71. The van der Waals surface area contributed by atoms with Gasteiger partial charge in [0.05, 0.1) is 11.1 Å². The number of hydrogen-bond donors (Lipinski definition) is 0. The first-order valence-electron chi connectivity index (χ1n) is 5.26. The first-order chi connectivity index (χ1) is 8.70. The van der Waals surface area contributed by atoms with E-state index in [2.05, 4.69) is 45.2 Å². The third-order valence-corrected chi connectivity index (χ3v) is 2.87. The molecule has 0 N–H and O–H groups in total. The second kappa shape index (κ2) is 8.68. The van der Waals surface area contributed by atoms with Crippen LogP contribution in [0.5, 0.6) is 0 Å². The molecule has 1 aromatic rings. The van der Waals surface area contributed by atoms with Crippen LogP contribution in [0.15, 0.2) is 24.3 Å². The Morgan fingerprint density at radius 2 is 1.28 bits per heavy atom. The highest BCUT2D eigenvalue weighted by atomic mass is 127. The lowest BCUT2D eigenvalue weighted by molar-refractivity contribution is 0.0485. The molecule has 0 atom stereocenters. The van der Waals surface area contributed by atoms with E-state index in [1.165, 1.54) is 0 Å². The Labute approximate surface area is 133 Å². The van der Waals surface area contributed by atoms with Gasteiger partial charge in [0.2, 0.25) is 0 Å². The fourth-order valence-electron chi connectivity index (χ4n) is 1.26. The maximum Gasteiger partial charge on any atom is 0.339 e. The molecular formula is C12H12I2O4. The third-order valence-electron chi connectivity index (χ3n) is 1.99. The smallest absolute Gasteiger partial charge is 0.339 e. The summed E-state index contributed by atoms with van der Waals surface area (Å²) in [5, 5.41) is 0. The predicted molar refractivity (Wildman–Crippen MR) is 84.8 cm³/mol. The molecule has 0 bridgehead atoms. The molecule has 18 heavy (non-hydrogen) atoms. The van der Waals surface area contributed by atoms with Gasteiger partial charge < -0.3 is 9.47 Å². The lowest BCUT2D eigenvalue weighted by Gasteiger charge is -2.08. The lowest BCUT2D eigenvalue weighted by Crippen LogP contribution is -2.15. The first kappa shape index (κ1) is 15.7. The van der Waals surface area contributed by atoms with Crippen molar-refractivity contribution in [1.82, 2.24) is 0 Å². The van der Waals surface area contributed by atoms with Gasteiger partial charge in [-0.3, -0.25) is 0 Å². The SMILES string of the molecule is O=C(OCCI)c1ccccc1C(=O)OCCI. The molecule has 1 rings (SSSR count). The molecule has 0 unspecified atom stereocenters. The fraction of sp³-hybridized carbons (Fsp3) is 0.333. The summed E-state index contributed by atoms with van der Waals surface area (Å²) in [4.78, 5) is 23.5. The predicted octanol–water partition coefficient (Wildman–Crippen LogP) is 2.87. The van der Waals surface area contributed by atoms with E-state index < -0.39 is 11.9 Å². The minimum Gasteiger partial charge on any atom is -0.461 e. The van der Waals surface area contributed by atoms with Gasteiger partial charge in [-0.25, -0.2) is 9.59 Å². The zero-order valence-electron chi connectivity index (χ0n) is 9.53. The van der Waals surface area contributed by atoms with E-state index in [1.807, 2.05) is 0 Å². The summed E-state index contributed by atoms with van der Waals surface area (Å²) in [5.74, 6) is -0.984. The summed E-state index contributed by atoms with van der Waals surface area (Å²) in [5.41, 5.74) is 0.501. The molecular weight excluding hydrogens is 462 g/mol. The van der Waals surface area contributed by atoms with Gasteiger partial charge >= 0.3 is 11.9 Å². The minimum atomic E-state index is -0.492. The molecule has 98 valence electrons. The van der Waals surface area contributed by atoms with Crippen LogP contribution < -0.4 is 0 Å². The molecule has 0 aliphatic carbocycles. The summed E-state index contributed by atoms with van der Waals surface area (Å²) in [6.07, 6.45) is 0. The van der Waals surface area contributed by atoms with Gasteiger partial charge in [0.25, 0.3) is 0 Å². The van der Waals surface area contributed by atoms with E-state index in [4.69, 9.17) is 9.47 Å². The Kier molecular flexibility index (Phi) is 7.56. The summed E-state index contributed by atoms with van der Waals surface area (Å²) >= 11 is 4.22. The number of halogens is 2. The highest BCUT2D eigenvalue weighted by Gasteiger charge is 2.18. The van der Waals surface area contributed by atoms with E-state index in [-0.39, 0.29) is 11.1 Å². The number of carbonyl (C=O) groups excluding carboxylic acids is 2. The highest BCUT2D eigenvalue weighted by Crippen LogP contribution is 2.12. The van der Waals surface area contributed by atoms with E-state index in [1.54, 1.807) is 24.3 Å². The number of rotatable bonds is 6. The zero-order chi connectivity index (χ0) is 13.4. The molecule has 0 aliphatic heterocycles. The van der Waals surface area contributed by atoms with Gasteiger partial charge in [0, 0.05) is 8.86 Å². The van der Waals surface area contributed by atoms with Crippen LogP contribution in [0.3, 0.4) is 0 Å². The minimum absolute atomic E-state index is 0.251. The quantitative estimate of drug-likeness (QED) is 0.362. The topological polar surface area (TPSA) is 52.6 Å². The summed E-state index contributed by atoms with van der Waals surface area (Å²) in [7, 11) is 0. The van der Waals surface area contributed by atoms with Crippen LogP contribution in [0, 0.1) is 0 Å². The largest absolute Gasteiger partial charge is 0.461 e. The molecule has 0 spiro atoms. The van der Waals surface area contributed by atoms with Crippen LogP contribution in [0.25, 0.3) is 0 Å². The molecule has 0 radical (unpaired) electrons. The Balaban J connectivity index is 2.85. The van der Waals surface area contributed by atoms with Crippen molar-refractivity contribution in [3.63, 3.8) is 0 Å². The van der Waals surface area contributed by atoms with Crippen molar-refractivity contribution in [2.75, 3.05) is 22.1 Å². The van der Waals surface area contributed by atoms with E-state index in [0.717, 1.165) is 0 Å². The first-order valence-corrected chi connectivity index (χ1v) is 8.31. The number of benzene rings is 1. The fourth-order valence-corrected chi connectivity index (χ4v) is 1.70. The Bertz CT molecular complexity index is 381. The molecule has 0 fully saturated rings. The number of ether oxygens (including phenoxy) is 2. The lowest BCUT2D eigenvalue weighted by atomic mass is 10.1. The van der Waals surface area contributed by atoms with E-state index in [9.17, 15) is 9.59 Å². The van der Waals surface area contributed by atoms with E-state index in [0.29, 0.717) is 22.1 Å². The Morgan fingerprint density at radius 3 is 1.61 bits per heavy atom. The normalized spacial score (nSPS) is 9.89. The summed E-state index contributed by atoms with van der Waals surface area (Å²) < 4.78 is 11.5. The standard InChI is InChI=1S/C12H12I2O4/c13-5-7-17-11(15)9-3-1-2-4-10(9)12(16)18-8-6-14/h1-4H,5-8H2. The molecule has 0 aromatic heterocycles. The molecule has 4 nitrogen and oxygen atoms in total. The van der Waals surface area contributed by atoms with Crippen LogP contribution in [-0.4, -0.2) is 34.0 Å². The summed E-state index contributed by atoms with van der Waals surface area (Å²) in [6.45, 7) is 0.660. The second-order valence-corrected chi connectivity index (χ2v) is 5.35. The van der Waals surface area contributed by atoms with Crippen LogP contribution >= 0.6 is 45.2 Å². The molecule has 0 saturated carbocycles. The average Bonchev–Trinajstić information content (AvgIpc) is 2.42. The molecule has 1 aromatic carbocycles. The highest BCUT2D eigenvalue weighted by molar-refractivity contribution is 14.1. The van der Waals surface area contributed by atoms with Crippen LogP contribution in [0.1, 0.15) is 20.7 Å². The number of carbonyl (C=O) groups is 2. The molecule has 0 aliphatic rings. The van der Waals surface area contributed by atoms with Crippen LogP contribution in [0.4, 0.5) is 0 Å². The van der Waals surface area contributed by atoms with Crippen LogP contribution in [-0.2, 0) is 9.47 Å². The summed E-state index contributed by atoms with van der Waals surface area (Å²) in [6, 6.07) is 6.51. The van der Waals surface area contributed by atoms with Crippen molar-refractivity contribution < 1.29 is 19.1 Å². The zero-order valence-corrected chi connectivity index (χ0v) is 13.8.